The van der Waals surface area contributed by atoms with Crippen LogP contribution in [0.25, 0.3) is 10.4 Å². The number of rotatable bonds is 10. The van der Waals surface area contributed by atoms with E-state index in [2.05, 4.69) is 47.7 Å². The lowest BCUT2D eigenvalue weighted by Crippen LogP contribution is -2.49. The second-order valence-electron chi connectivity index (χ2n) is 8.75. The Morgan fingerprint density at radius 1 is 1.24 bits per heavy atom. The molecule has 1 atom stereocenters. The van der Waals surface area contributed by atoms with E-state index < -0.39 is 17.9 Å². The summed E-state index contributed by atoms with van der Waals surface area (Å²) < 4.78 is 10.9. The minimum atomic E-state index is -0.902. The molecule has 1 aromatic heterocycles. The number of amides is 3. The number of aromatic amines is 1. The van der Waals surface area contributed by atoms with Crippen molar-refractivity contribution in [2.75, 3.05) is 44.9 Å². The summed E-state index contributed by atoms with van der Waals surface area (Å²) in [4.78, 5) is 45.8. The maximum absolute atomic E-state index is 12.9. The number of hydrogen-bond donors (Lipinski definition) is 3. The number of carbonyl (C=O) groups is 3. The molecule has 0 saturated heterocycles. The fourth-order valence-electron chi connectivity index (χ4n) is 3.82. The molecule has 0 spiro atoms. The quantitative estimate of drug-likeness (QED) is 0.110. The fraction of sp³-hybridized carbons (Fsp3) is 0.296. The SMILES string of the molecule is CN1C(=O)[C@@H](NC(=O)c2n[nH]c(Cc3ccc(C#CC(=O)NCCOCCN=[N+]=[N-])cc3)n2)COc2ccccc21. The van der Waals surface area contributed by atoms with Gasteiger partial charge in [-0.15, -0.1) is 5.10 Å². The molecule has 0 radical (unpaired) electrons. The highest BCUT2D eigenvalue weighted by Gasteiger charge is 2.31. The number of para-hydroxylation sites is 2. The van der Waals surface area contributed by atoms with Gasteiger partial charge in [0.1, 0.15) is 24.2 Å². The van der Waals surface area contributed by atoms with Crippen LogP contribution >= 0.6 is 0 Å². The monoisotopic (exact) mass is 557 g/mol. The Bertz CT molecular complexity index is 1500. The first-order valence-corrected chi connectivity index (χ1v) is 12.6. The summed E-state index contributed by atoms with van der Waals surface area (Å²) in [5, 5.41) is 15.4. The van der Waals surface area contributed by atoms with Crippen LogP contribution < -0.4 is 20.3 Å². The van der Waals surface area contributed by atoms with Crippen molar-refractivity contribution in [1.29, 1.82) is 0 Å². The molecule has 4 rings (SSSR count). The van der Waals surface area contributed by atoms with E-state index in [1.54, 1.807) is 37.4 Å². The summed E-state index contributed by atoms with van der Waals surface area (Å²) in [5.41, 5.74) is 10.3. The molecule has 0 fully saturated rings. The van der Waals surface area contributed by atoms with Crippen molar-refractivity contribution in [1.82, 2.24) is 25.8 Å². The molecular weight excluding hydrogens is 530 g/mol. The van der Waals surface area contributed by atoms with Crippen LogP contribution in [-0.2, 0) is 20.7 Å². The van der Waals surface area contributed by atoms with Crippen LogP contribution in [-0.4, -0.2) is 78.9 Å². The smallest absolute Gasteiger partial charge is 0.296 e. The standard InChI is InChI=1S/C27H27N9O5/c1-36-21-4-2-3-5-22(21)41-17-20(27(36)39)31-26(38)25-32-23(33-34-25)16-19-8-6-18(7-9-19)10-11-24(37)29-12-14-40-15-13-30-35-28/h2-9,20H,12-17H2,1H3,(H,29,37)(H,31,38)(H,32,33,34)/t20-/m0/s1. The Morgan fingerprint density at radius 3 is 2.85 bits per heavy atom. The Kier molecular flexibility index (Phi) is 9.87. The first-order chi connectivity index (χ1) is 19.9. The first kappa shape index (κ1) is 28.6. The normalized spacial score (nSPS) is 13.9. The highest BCUT2D eigenvalue weighted by Crippen LogP contribution is 2.29. The lowest BCUT2D eigenvalue weighted by atomic mass is 10.1. The van der Waals surface area contributed by atoms with Gasteiger partial charge in [0.25, 0.3) is 17.7 Å². The minimum absolute atomic E-state index is 0.0192. The second kappa shape index (κ2) is 14.1. The van der Waals surface area contributed by atoms with Gasteiger partial charge >= 0.3 is 0 Å². The van der Waals surface area contributed by atoms with Crippen LogP contribution in [0.5, 0.6) is 5.75 Å². The molecule has 14 heteroatoms. The number of aromatic nitrogens is 3. The molecule has 0 unspecified atom stereocenters. The topological polar surface area (TPSA) is 187 Å². The van der Waals surface area contributed by atoms with Crippen molar-refractivity contribution in [2.24, 2.45) is 5.11 Å². The van der Waals surface area contributed by atoms with Gasteiger partial charge in [-0.1, -0.05) is 35.3 Å². The van der Waals surface area contributed by atoms with E-state index in [0.29, 0.717) is 29.2 Å². The number of nitrogens with zero attached hydrogens (tertiary/aromatic N) is 6. The van der Waals surface area contributed by atoms with Crippen molar-refractivity contribution >= 4 is 23.4 Å². The van der Waals surface area contributed by atoms with Crippen molar-refractivity contribution in [2.45, 2.75) is 12.5 Å². The Labute approximate surface area is 235 Å². The van der Waals surface area contributed by atoms with Crippen LogP contribution in [0.1, 0.15) is 27.6 Å². The van der Waals surface area contributed by atoms with E-state index in [-0.39, 0.29) is 44.6 Å². The molecule has 14 nitrogen and oxygen atoms in total. The van der Waals surface area contributed by atoms with Crippen LogP contribution in [0.2, 0.25) is 0 Å². The number of benzene rings is 2. The van der Waals surface area contributed by atoms with Crippen LogP contribution in [0, 0.1) is 11.8 Å². The average Bonchev–Trinajstić information content (AvgIpc) is 3.42. The van der Waals surface area contributed by atoms with Gasteiger partial charge in [0, 0.05) is 43.0 Å². The fourth-order valence-corrected chi connectivity index (χ4v) is 3.82. The van der Waals surface area contributed by atoms with E-state index in [9.17, 15) is 14.4 Å². The van der Waals surface area contributed by atoms with Gasteiger partial charge in [0.15, 0.2) is 0 Å². The van der Waals surface area contributed by atoms with Gasteiger partial charge in [-0.3, -0.25) is 19.5 Å². The van der Waals surface area contributed by atoms with Crippen LogP contribution in [0.4, 0.5) is 5.69 Å². The Balaban J connectivity index is 1.25. The number of azide groups is 1. The first-order valence-electron chi connectivity index (χ1n) is 12.6. The summed E-state index contributed by atoms with van der Waals surface area (Å²) in [6, 6.07) is 13.4. The van der Waals surface area contributed by atoms with Crippen LogP contribution in [0.3, 0.4) is 0 Å². The lowest BCUT2D eigenvalue weighted by Gasteiger charge is -2.19. The zero-order valence-corrected chi connectivity index (χ0v) is 22.2. The lowest BCUT2D eigenvalue weighted by molar-refractivity contribution is -0.120. The number of likely N-dealkylation sites (N-methyl/N-ethyl adjacent to an activating group) is 1. The molecule has 2 heterocycles. The predicted molar refractivity (Wildman–Crippen MR) is 147 cm³/mol. The third-order valence-corrected chi connectivity index (χ3v) is 5.88. The van der Waals surface area contributed by atoms with Crippen molar-refractivity contribution < 1.29 is 23.9 Å². The van der Waals surface area contributed by atoms with Crippen molar-refractivity contribution in [3.63, 3.8) is 0 Å². The molecule has 41 heavy (non-hydrogen) atoms. The van der Waals surface area contributed by atoms with Crippen LogP contribution in [0.15, 0.2) is 53.6 Å². The largest absolute Gasteiger partial charge is 0.489 e. The summed E-state index contributed by atoms with van der Waals surface area (Å²) in [6.45, 7) is 1.07. The molecule has 0 aliphatic carbocycles. The van der Waals surface area contributed by atoms with Crippen molar-refractivity contribution in [3.05, 3.63) is 81.7 Å². The molecule has 1 aliphatic heterocycles. The highest BCUT2D eigenvalue weighted by molar-refractivity contribution is 6.02. The van der Waals surface area contributed by atoms with Gasteiger partial charge in [0.05, 0.1) is 18.9 Å². The number of carbonyl (C=O) groups excluding carboxylic acids is 3. The summed E-state index contributed by atoms with van der Waals surface area (Å²) >= 11 is 0. The third-order valence-electron chi connectivity index (χ3n) is 5.88. The third kappa shape index (κ3) is 8.06. The maximum Gasteiger partial charge on any atom is 0.296 e. The zero-order chi connectivity index (χ0) is 29.0. The van der Waals surface area contributed by atoms with Gasteiger partial charge in [-0.25, -0.2) is 4.98 Å². The zero-order valence-electron chi connectivity index (χ0n) is 22.2. The number of H-pyrrole nitrogens is 1. The Morgan fingerprint density at radius 2 is 2.05 bits per heavy atom. The summed E-state index contributed by atoms with van der Waals surface area (Å²) in [7, 11) is 1.63. The van der Waals surface area contributed by atoms with E-state index in [0.717, 1.165) is 5.56 Å². The average molecular weight is 558 g/mol. The maximum atomic E-state index is 12.9. The van der Waals surface area contributed by atoms with Gasteiger partial charge in [0.2, 0.25) is 5.82 Å². The molecule has 3 N–H and O–H groups in total. The van der Waals surface area contributed by atoms with Gasteiger partial charge < -0.3 is 25.0 Å². The summed E-state index contributed by atoms with van der Waals surface area (Å²) in [6.07, 6.45) is 0.373. The number of ether oxygens (including phenoxy) is 2. The Hall–Kier alpha value is -5.38. The highest BCUT2D eigenvalue weighted by atomic mass is 16.5. The molecule has 0 saturated carbocycles. The van der Waals surface area contributed by atoms with Crippen molar-refractivity contribution in [3.8, 4) is 17.6 Å². The van der Waals surface area contributed by atoms with E-state index in [1.807, 2.05) is 18.2 Å². The number of hydrogen-bond acceptors (Lipinski definition) is 8. The van der Waals surface area contributed by atoms with Gasteiger partial charge in [-0.05, 0) is 35.4 Å². The molecular formula is C27H27N9O5. The predicted octanol–water partition coefficient (Wildman–Crippen LogP) is 1.34. The van der Waals surface area contributed by atoms with E-state index in [1.165, 1.54) is 4.90 Å². The molecule has 3 aromatic rings. The number of anilines is 1. The minimum Gasteiger partial charge on any atom is -0.489 e. The second-order valence-corrected chi connectivity index (χ2v) is 8.75. The molecule has 1 aliphatic rings. The van der Waals surface area contributed by atoms with E-state index in [4.69, 9.17) is 15.0 Å². The number of nitrogens with one attached hydrogen (secondary N) is 3. The molecule has 210 valence electrons. The molecule has 2 aromatic carbocycles. The summed E-state index contributed by atoms with van der Waals surface area (Å²) in [5.74, 6) is 4.88. The van der Waals surface area contributed by atoms with Gasteiger partial charge in [-0.2, -0.15) is 0 Å². The number of fused-ring (bicyclic) bond motifs is 1. The van der Waals surface area contributed by atoms with E-state index >= 15 is 0 Å². The molecule has 0 bridgehead atoms. The molecule has 3 amide bonds.